The van der Waals surface area contributed by atoms with Crippen LogP contribution in [0, 0.1) is 0 Å². The van der Waals surface area contributed by atoms with Crippen LogP contribution in [0.15, 0.2) is 91.3 Å². The number of hydrogen-bond donors (Lipinski definition) is 1. The summed E-state index contributed by atoms with van der Waals surface area (Å²) in [5, 5.41) is 4.10. The molecule has 3 heterocycles. The zero-order valence-electron chi connectivity index (χ0n) is 19.3. The van der Waals surface area contributed by atoms with Gasteiger partial charge in [-0.25, -0.2) is 4.79 Å². The number of pyridine rings is 1. The first kappa shape index (κ1) is 22.6. The SMILES string of the molecule is COC(=O)c1ccc(-n2cccc2[C@@H]2[C@H](c3ccccn3)NC(=S)N2c2ccc(OC)cc2)cc1. The number of methoxy groups -OCH3 is 2. The molecule has 1 aliphatic heterocycles. The summed E-state index contributed by atoms with van der Waals surface area (Å²) >= 11 is 5.83. The molecule has 0 spiro atoms. The van der Waals surface area contributed by atoms with Gasteiger partial charge >= 0.3 is 5.97 Å². The van der Waals surface area contributed by atoms with Gasteiger partial charge < -0.3 is 24.3 Å². The van der Waals surface area contributed by atoms with Crippen LogP contribution in [0.1, 0.15) is 33.8 Å². The molecule has 1 saturated heterocycles. The molecule has 7 nitrogen and oxygen atoms in total. The third kappa shape index (κ3) is 4.24. The van der Waals surface area contributed by atoms with Crippen LogP contribution < -0.4 is 15.0 Å². The topological polar surface area (TPSA) is 68.6 Å². The predicted octanol–water partition coefficient (Wildman–Crippen LogP) is 4.84. The maximum atomic E-state index is 11.9. The minimum atomic E-state index is -0.365. The van der Waals surface area contributed by atoms with Crippen molar-refractivity contribution < 1.29 is 14.3 Å². The van der Waals surface area contributed by atoms with Crippen molar-refractivity contribution in [3.05, 3.63) is 108 Å². The normalized spacial score (nSPS) is 17.2. The van der Waals surface area contributed by atoms with E-state index in [1.165, 1.54) is 7.11 Å². The molecule has 1 fully saturated rings. The molecule has 0 radical (unpaired) electrons. The molecule has 0 saturated carbocycles. The third-order valence-electron chi connectivity index (χ3n) is 6.10. The minimum Gasteiger partial charge on any atom is -0.497 e. The van der Waals surface area contributed by atoms with E-state index in [9.17, 15) is 4.79 Å². The Morgan fingerprint density at radius 2 is 1.69 bits per heavy atom. The lowest BCUT2D eigenvalue weighted by molar-refractivity contribution is 0.0600. The lowest BCUT2D eigenvalue weighted by Gasteiger charge is -2.29. The second-order valence-electron chi connectivity index (χ2n) is 8.04. The van der Waals surface area contributed by atoms with E-state index in [4.69, 9.17) is 21.7 Å². The van der Waals surface area contributed by atoms with Crippen LogP contribution >= 0.6 is 12.2 Å². The molecule has 0 bridgehead atoms. The highest BCUT2D eigenvalue weighted by atomic mass is 32.1. The Kier molecular flexibility index (Phi) is 6.20. The average Bonchev–Trinajstić information content (AvgIpc) is 3.53. The van der Waals surface area contributed by atoms with Crippen LogP contribution in [0.5, 0.6) is 5.75 Å². The number of benzene rings is 2. The zero-order chi connectivity index (χ0) is 24.4. The lowest BCUT2D eigenvalue weighted by atomic mass is 10.0. The number of rotatable bonds is 6. The van der Waals surface area contributed by atoms with Crippen molar-refractivity contribution in [3.8, 4) is 11.4 Å². The Morgan fingerprint density at radius 1 is 0.943 bits per heavy atom. The van der Waals surface area contributed by atoms with Gasteiger partial charge in [0.05, 0.1) is 31.5 Å². The fraction of sp³-hybridized carbons (Fsp3) is 0.148. The first-order valence-electron chi connectivity index (χ1n) is 11.1. The molecule has 1 aliphatic rings. The Labute approximate surface area is 208 Å². The van der Waals surface area contributed by atoms with Crippen LogP contribution in [0.25, 0.3) is 5.69 Å². The van der Waals surface area contributed by atoms with Crippen LogP contribution in [0.4, 0.5) is 5.69 Å². The molecular weight excluding hydrogens is 460 g/mol. The number of nitrogens with zero attached hydrogens (tertiary/aromatic N) is 3. The molecule has 4 aromatic rings. The molecule has 176 valence electrons. The number of nitrogens with one attached hydrogen (secondary N) is 1. The summed E-state index contributed by atoms with van der Waals surface area (Å²) in [5.74, 6) is 0.411. The van der Waals surface area contributed by atoms with Gasteiger partial charge in [-0.1, -0.05) is 6.07 Å². The Balaban J connectivity index is 1.60. The molecule has 35 heavy (non-hydrogen) atoms. The number of ether oxygens (including phenoxy) is 2. The first-order valence-corrected chi connectivity index (χ1v) is 11.5. The van der Waals surface area contributed by atoms with E-state index in [0.29, 0.717) is 10.7 Å². The molecule has 5 rings (SSSR count). The molecule has 0 amide bonds. The highest BCUT2D eigenvalue weighted by Gasteiger charge is 2.42. The average molecular weight is 485 g/mol. The number of esters is 1. The van der Waals surface area contributed by atoms with E-state index in [2.05, 4.69) is 25.8 Å². The number of carbonyl (C=O) groups is 1. The van der Waals surface area contributed by atoms with Gasteiger partial charge in [-0.3, -0.25) is 4.98 Å². The largest absolute Gasteiger partial charge is 0.497 e. The van der Waals surface area contributed by atoms with Gasteiger partial charge in [-0.15, -0.1) is 0 Å². The second-order valence-corrected chi connectivity index (χ2v) is 8.42. The summed E-state index contributed by atoms with van der Waals surface area (Å²) in [6.45, 7) is 0. The second kappa shape index (κ2) is 9.60. The maximum Gasteiger partial charge on any atom is 0.337 e. The molecule has 2 aromatic heterocycles. The summed E-state index contributed by atoms with van der Waals surface area (Å²) in [5.41, 5.74) is 4.28. The lowest BCUT2D eigenvalue weighted by Crippen LogP contribution is -2.30. The van der Waals surface area contributed by atoms with Crippen molar-refractivity contribution in [3.63, 3.8) is 0 Å². The maximum absolute atomic E-state index is 11.9. The Bertz CT molecular complexity index is 1340. The minimum absolute atomic E-state index is 0.172. The molecule has 0 unspecified atom stereocenters. The van der Waals surface area contributed by atoms with Gasteiger partial charge in [0.1, 0.15) is 11.8 Å². The monoisotopic (exact) mass is 484 g/mol. The van der Waals surface area contributed by atoms with Crippen molar-refractivity contribution in [1.29, 1.82) is 0 Å². The van der Waals surface area contributed by atoms with Crippen LogP contribution in [0.3, 0.4) is 0 Å². The quantitative estimate of drug-likeness (QED) is 0.310. The van der Waals surface area contributed by atoms with Crippen LogP contribution in [-0.2, 0) is 4.74 Å². The molecule has 2 atom stereocenters. The van der Waals surface area contributed by atoms with Crippen molar-refractivity contribution in [2.45, 2.75) is 12.1 Å². The Morgan fingerprint density at radius 3 is 2.34 bits per heavy atom. The highest BCUT2D eigenvalue weighted by Crippen LogP contribution is 2.42. The fourth-order valence-electron chi connectivity index (χ4n) is 4.42. The smallest absolute Gasteiger partial charge is 0.337 e. The standard InChI is InChI=1S/C27H24N4O3S/c1-33-21-14-12-20(13-15-21)31-25(24(29-27(31)35)22-6-3-4-16-28-22)23-7-5-17-30(23)19-10-8-18(9-11-19)26(32)34-2/h3-17,24-25H,1-2H3,(H,29,35)/t24-,25+/m0/s1. The van der Waals surface area contributed by atoms with Gasteiger partial charge in [0, 0.05) is 29.5 Å². The van der Waals surface area contributed by atoms with Crippen molar-refractivity contribution in [2.24, 2.45) is 0 Å². The van der Waals surface area contributed by atoms with E-state index in [-0.39, 0.29) is 18.1 Å². The number of anilines is 1. The predicted molar refractivity (Wildman–Crippen MR) is 138 cm³/mol. The van der Waals surface area contributed by atoms with Crippen LogP contribution in [-0.4, -0.2) is 34.9 Å². The Hall–Kier alpha value is -4.17. The molecular formula is C27H24N4O3S. The van der Waals surface area contributed by atoms with Crippen LogP contribution in [0.2, 0.25) is 0 Å². The first-order chi connectivity index (χ1) is 17.1. The number of hydrogen-bond acceptors (Lipinski definition) is 5. The zero-order valence-corrected chi connectivity index (χ0v) is 20.1. The van der Waals surface area contributed by atoms with E-state index in [1.54, 1.807) is 25.4 Å². The van der Waals surface area contributed by atoms with E-state index in [0.717, 1.165) is 28.5 Å². The number of carbonyl (C=O) groups excluding carboxylic acids is 1. The summed E-state index contributed by atoms with van der Waals surface area (Å²) in [4.78, 5) is 18.6. The molecule has 1 N–H and O–H groups in total. The molecule has 8 heteroatoms. The molecule has 0 aliphatic carbocycles. The summed E-state index contributed by atoms with van der Waals surface area (Å²) < 4.78 is 12.3. The third-order valence-corrected chi connectivity index (χ3v) is 6.41. The van der Waals surface area contributed by atoms with Crippen molar-refractivity contribution >= 4 is 29.0 Å². The van der Waals surface area contributed by atoms with E-state index in [1.807, 2.05) is 66.9 Å². The van der Waals surface area contributed by atoms with Crippen molar-refractivity contribution in [1.82, 2.24) is 14.9 Å². The number of thiocarbonyl (C=S) groups is 1. The van der Waals surface area contributed by atoms with Gasteiger partial charge in [0.25, 0.3) is 0 Å². The summed E-state index contributed by atoms with van der Waals surface area (Å²) in [7, 11) is 3.02. The van der Waals surface area contributed by atoms with E-state index >= 15 is 0 Å². The van der Waals surface area contributed by atoms with Gasteiger partial charge in [0.2, 0.25) is 0 Å². The molecule has 2 aromatic carbocycles. The highest BCUT2D eigenvalue weighted by molar-refractivity contribution is 7.80. The van der Waals surface area contributed by atoms with Gasteiger partial charge in [0.15, 0.2) is 5.11 Å². The fourth-order valence-corrected chi connectivity index (χ4v) is 4.77. The number of aromatic nitrogens is 2. The van der Waals surface area contributed by atoms with Crippen molar-refractivity contribution in [2.75, 3.05) is 19.1 Å². The summed E-state index contributed by atoms with van der Waals surface area (Å²) in [6, 6.07) is 24.8. The van der Waals surface area contributed by atoms with Gasteiger partial charge in [-0.05, 0) is 85.0 Å². The summed E-state index contributed by atoms with van der Waals surface area (Å²) in [6.07, 6.45) is 3.79. The van der Waals surface area contributed by atoms with E-state index < -0.39 is 0 Å². The van der Waals surface area contributed by atoms with Gasteiger partial charge in [-0.2, -0.15) is 0 Å².